The third-order valence-corrected chi connectivity index (χ3v) is 3.42. The molecular weight excluding hydrogens is 170 g/mol. The first-order valence-corrected chi connectivity index (χ1v) is 5.47. The van der Waals surface area contributed by atoms with Crippen molar-refractivity contribution in [3.8, 4) is 0 Å². The third kappa shape index (κ3) is 1.98. The minimum absolute atomic E-state index is 0.315. The zero-order valence-electron chi connectivity index (χ0n) is 9.09. The zero-order valence-corrected chi connectivity index (χ0v) is 9.09. The average Bonchev–Trinajstić information content (AvgIpc) is 2.48. The Labute approximate surface area is 86.5 Å². The fourth-order valence-corrected chi connectivity index (χ4v) is 2.33. The molecule has 2 rings (SSSR count). The molecule has 0 radical (unpaired) electrons. The Bertz CT molecular complexity index is 289. The number of nitrogens with one attached hydrogen (secondary N) is 1. The van der Waals surface area contributed by atoms with Gasteiger partial charge in [0.15, 0.2) is 0 Å². The lowest BCUT2D eigenvalue weighted by Crippen LogP contribution is -2.38. The van der Waals surface area contributed by atoms with Crippen molar-refractivity contribution in [1.82, 2.24) is 5.32 Å². The highest BCUT2D eigenvalue weighted by atomic mass is 15.0. The Morgan fingerprint density at radius 3 is 2.57 bits per heavy atom. The van der Waals surface area contributed by atoms with E-state index in [1.807, 2.05) is 0 Å². The van der Waals surface area contributed by atoms with Gasteiger partial charge in [-0.15, -0.1) is 0 Å². The summed E-state index contributed by atoms with van der Waals surface area (Å²) in [6, 6.07) is 10.8. The van der Waals surface area contributed by atoms with Crippen LogP contribution in [0.1, 0.15) is 25.8 Å². The van der Waals surface area contributed by atoms with Gasteiger partial charge < -0.3 is 5.32 Å². The van der Waals surface area contributed by atoms with Crippen LogP contribution in [0.3, 0.4) is 0 Å². The second kappa shape index (κ2) is 3.74. The molecule has 1 nitrogen and oxygen atoms in total. The summed E-state index contributed by atoms with van der Waals surface area (Å²) in [5.74, 6) is 0.782. The summed E-state index contributed by atoms with van der Waals surface area (Å²) in [6.45, 7) is 5.80. The van der Waals surface area contributed by atoms with Gasteiger partial charge in [0.25, 0.3) is 0 Å². The van der Waals surface area contributed by atoms with Gasteiger partial charge in [0.2, 0.25) is 0 Å². The van der Waals surface area contributed by atoms with E-state index in [0.717, 1.165) is 5.92 Å². The van der Waals surface area contributed by atoms with E-state index in [1.165, 1.54) is 24.9 Å². The predicted molar refractivity (Wildman–Crippen MR) is 60.3 cm³/mol. The molecule has 1 aromatic rings. The molecule has 1 saturated heterocycles. The standard InChI is InChI=1S/C13H19N/c1-13(2)12(8-9-14-13)10-11-6-4-3-5-7-11/h3-7,12,14H,8-10H2,1-2H3/t12-/m0/s1. The van der Waals surface area contributed by atoms with Crippen molar-refractivity contribution in [3.05, 3.63) is 35.9 Å². The molecule has 0 amide bonds. The van der Waals surface area contributed by atoms with Crippen LogP contribution in [0.2, 0.25) is 0 Å². The van der Waals surface area contributed by atoms with Gasteiger partial charge in [-0.05, 0) is 44.7 Å². The van der Waals surface area contributed by atoms with E-state index in [2.05, 4.69) is 49.5 Å². The first-order chi connectivity index (χ1) is 6.68. The zero-order chi connectivity index (χ0) is 10.0. The van der Waals surface area contributed by atoms with Crippen LogP contribution in [0.5, 0.6) is 0 Å². The van der Waals surface area contributed by atoms with Crippen LogP contribution >= 0.6 is 0 Å². The normalized spacial score (nSPS) is 25.1. The lowest BCUT2D eigenvalue weighted by atomic mass is 9.84. The minimum Gasteiger partial charge on any atom is -0.311 e. The summed E-state index contributed by atoms with van der Waals surface area (Å²) in [7, 11) is 0. The molecule has 1 aromatic carbocycles. The van der Waals surface area contributed by atoms with E-state index in [4.69, 9.17) is 0 Å². The summed E-state index contributed by atoms with van der Waals surface area (Å²) in [6.07, 6.45) is 2.52. The predicted octanol–water partition coefficient (Wildman–Crippen LogP) is 2.62. The van der Waals surface area contributed by atoms with Gasteiger partial charge in [-0.1, -0.05) is 30.3 Å². The molecule has 1 aliphatic heterocycles. The molecule has 0 saturated carbocycles. The van der Waals surface area contributed by atoms with Gasteiger partial charge in [0.05, 0.1) is 0 Å². The maximum Gasteiger partial charge on any atom is 0.0156 e. The molecule has 1 atom stereocenters. The molecule has 0 spiro atoms. The van der Waals surface area contributed by atoms with E-state index in [1.54, 1.807) is 0 Å². The molecular formula is C13H19N. The van der Waals surface area contributed by atoms with Crippen molar-refractivity contribution in [2.24, 2.45) is 5.92 Å². The van der Waals surface area contributed by atoms with E-state index >= 15 is 0 Å². The minimum atomic E-state index is 0.315. The molecule has 0 aromatic heterocycles. The number of benzene rings is 1. The van der Waals surface area contributed by atoms with Crippen molar-refractivity contribution < 1.29 is 0 Å². The third-order valence-electron chi connectivity index (χ3n) is 3.42. The highest BCUT2D eigenvalue weighted by Gasteiger charge is 2.33. The first-order valence-electron chi connectivity index (χ1n) is 5.47. The number of hydrogen-bond donors (Lipinski definition) is 1. The maximum atomic E-state index is 3.57. The van der Waals surface area contributed by atoms with Gasteiger partial charge in [-0.25, -0.2) is 0 Å². The topological polar surface area (TPSA) is 12.0 Å². The summed E-state index contributed by atoms with van der Waals surface area (Å²) < 4.78 is 0. The molecule has 0 bridgehead atoms. The van der Waals surface area contributed by atoms with Gasteiger partial charge in [-0.3, -0.25) is 0 Å². The fourth-order valence-electron chi connectivity index (χ4n) is 2.33. The Hall–Kier alpha value is -0.820. The molecule has 1 N–H and O–H groups in total. The molecule has 76 valence electrons. The van der Waals surface area contributed by atoms with Gasteiger partial charge in [-0.2, -0.15) is 0 Å². The lowest BCUT2D eigenvalue weighted by Gasteiger charge is -2.27. The smallest absolute Gasteiger partial charge is 0.0156 e. The largest absolute Gasteiger partial charge is 0.311 e. The number of hydrogen-bond acceptors (Lipinski definition) is 1. The van der Waals surface area contributed by atoms with Crippen molar-refractivity contribution >= 4 is 0 Å². The summed E-state index contributed by atoms with van der Waals surface area (Å²) in [5, 5.41) is 3.57. The molecule has 0 unspecified atom stereocenters. The van der Waals surface area contributed by atoms with E-state index < -0.39 is 0 Å². The summed E-state index contributed by atoms with van der Waals surface area (Å²) in [5.41, 5.74) is 1.78. The van der Waals surface area contributed by atoms with E-state index in [-0.39, 0.29) is 0 Å². The molecule has 1 heterocycles. The van der Waals surface area contributed by atoms with Crippen LogP contribution in [-0.4, -0.2) is 12.1 Å². The Morgan fingerprint density at radius 2 is 2.00 bits per heavy atom. The van der Waals surface area contributed by atoms with Crippen LogP contribution in [0, 0.1) is 5.92 Å². The van der Waals surface area contributed by atoms with E-state index in [9.17, 15) is 0 Å². The van der Waals surface area contributed by atoms with E-state index in [0.29, 0.717) is 5.54 Å². The highest BCUT2D eigenvalue weighted by Crippen LogP contribution is 2.28. The Morgan fingerprint density at radius 1 is 1.29 bits per heavy atom. The molecule has 1 fully saturated rings. The molecule has 1 aliphatic rings. The van der Waals surface area contributed by atoms with Crippen LogP contribution in [0.15, 0.2) is 30.3 Å². The van der Waals surface area contributed by atoms with Crippen LogP contribution in [-0.2, 0) is 6.42 Å². The second-order valence-corrected chi connectivity index (χ2v) is 4.82. The monoisotopic (exact) mass is 189 g/mol. The average molecular weight is 189 g/mol. The van der Waals surface area contributed by atoms with Crippen molar-refractivity contribution in [3.63, 3.8) is 0 Å². The Balaban J connectivity index is 2.05. The van der Waals surface area contributed by atoms with Crippen LogP contribution < -0.4 is 5.32 Å². The molecule has 1 heteroatoms. The van der Waals surface area contributed by atoms with Crippen molar-refractivity contribution in [2.75, 3.05) is 6.54 Å². The molecule has 0 aliphatic carbocycles. The number of rotatable bonds is 2. The SMILES string of the molecule is CC1(C)NCC[C@H]1Cc1ccccc1. The van der Waals surface area contributed by atoms with Gasteiger partial charge in [0, 0.05) is 5.54 Å². The fraction of sp³-hybridized carbons (Fsp3) is 0.538. The molecule has 14 heavy (non-hydrogen) atoms. The van der Waals surface area contributed by atoms with Gasteiger partial charge in [0.1, 0.15) is 0 Å². The second-order valence-electron chi connectivity index (χ2n) is 4.82. The van der Waals surface area contributed by atoms with Crippen LogP contribution in [0.25, 0.3) is 0 Å². The quantitative estimate of drug-likeness (QED) is 0.754. The van der Waals surface area contributed by atoms with Gasteiger partial charge >= 0.3 is 0 Å². The summed E-state index contributed by atoms with van der Waals surface area (Å²) in [4.78, 5) is 0. The summed E-state index contributed by atoms with van der Waals surface area (Å²) >= 11 is 0. The van der Waals surface area contributed by atoms with Crippen molar-refractivity contribution in [2.45, 2.75) is 32.2 Å². The first kappa shape index (κ1) is 9.72. The van der Waals surface area contributed by atoms with Crippen LogP contribution in [0.4, 0.5) is 0 Å². The maximum absolute atomic E-state index is 3.57. The van der Waals surface area contributed by atoms with Crippen molar-refractivity contribution in [1.29, 1.82) is 0 Å². The Kier molecular flexibility index (Phi) is 2.60. The lowest BCUT2D eigenvalue weighted by molar-refractivity contribution is 0.332. The highest BCUT2D eigenvalue weighted by molar-refractivity contribution is 5.16.